The van der Waals surface area contributed by atoms with E-state index in [1.54, 1.807) is 0 Å². The fourth-order valence-corrected chi connectivity index (χ4v) is 4.07. The van der Waals surface area contributed by atoms with E-state index in [-0.39, 0.29) is 0 Å². The smallest absolute Gasteiger partial charge is 0.104 e. The first-order chi connectivity index (χ1) is 9.25. The van der Waals surface area contributed by atoms with Crippen molar-refractivity contribution in [3.05, 3.63) is 35.4 Å². The zero-order valence-electron chi connectivity index (χ0n) is 11.3. The predicted molar refractivity (Wildman–Crippen MR) is 83.1 cm³/mol. The molecule has 1 aliphatic carbocycles. The van der Waals surface area contributed by atoms with Crippen LogP contribution in [0.3, 0.4) is 0 Å². The largest absolute Gasteiger partial charge is 0.389 e. The highest BCUT2D eigenvalue weighted by atomic mass is 32.1. The average molecular weight is 274 g/mol. The SMILES string of the molecule is NC(=S)c1ccccc1CN1CCCC2CCCC21. The van der Waals surface area contributed by atoms with Crippen LogP contribution < -0.4 is 5.73 Å². The molecule has 0 amide bonds. The first-order valence-corrected chi connectivity index (χ1v) is 7.78. The fraction of sp³-hybridized carbons (Fsp3) is 0.562. The summed E-state index contributed by atoms with van der Waals surface area (Å²) in [6, 6.07) is 9.13. The third kappa shape index (κ3) is 2.67. The summed E-state index contributed by atoms with van der Waals surface area (Å²) in [7, 11) is 0. The number of benzene rings is 1. The molecule has 1 aliphatic heterocycles. The predicted octanol–water partition coefficient (Wildman–Crippen LogP) is 3.09. The second-order valence-corrected chi connectivity index (χ2v) is 6.33. The summed E-state index contributed by atoms with van der Waals surface area (Å²) in [5, 5.41) is 0. The molecule has 2 fully saturated rings. The van der Waals surface area contributed by atoms with Crippen molar-refractivity contribution in [3.8, 4) is 0 Å². The molecule has 3 heteroatoms. The number of fused-ring (bicyclic) bond motifs is 1. The maximum atomic E-state index is 5.84. The fourth-order valence-electron chi connectivity index (χ4n) is 3.87. The molecule has 2 unspecified atom stereocenters. The van der Waals surface area contributed by atoms with Gasteiger partial charge < -0.3 is 5.73 Å². The van der Waals surface area contributed by atoms with E-state index in [9.17, 15) is 0 Å². The highest BCUT2D eigenvalue weighted by molar-refractivity contribution is 7.80. The summed E-state index contributed by atoms with van der Waals surface area (Å²) in [5.41, 5.74) is 8.19. The van der Waals surface area contributed by atoms with Gasteiger partial charge in [0.2, 0.25) is 0 Å². The van der Waals surface area contributed by atoms with E-state index in [1.165, 1.54) is 44.2 Å². The summed E-state index contributed by atoms with van der Waals surface area (Å²) in [6.45, 7) is 2.24. The minimum Gasteiger partial charge on any atom is -0.389 e. The lowest BCUT2D eigenvalue weighted by Crippen LogP contribution is -2.42. The Hall–Kier alpha value is -0.930. The topological polar surface area (TPSA) is 29.3 Å². The summed E-state index contributed by atoms with van der Waals surface area (Å²) in [5.74, 6) is 0.936. The first kappa shape index (κ1) is 13.1. The second-order valence-electron chi connectivity index (χ2n) is 5.89. The van der Waals surface area contributed by atoms with E-state index in [0.717, 1.165) is 24.1 Å². The Kier molecular flexibility index (Phi) is 3.85. The highest BCUT2D eigenvalue weighted by Gasteiger charge is 2.34. The summed E-state index contributed by atoms with van der Waals surface area (Å²) in [4.78, 5) is 3.19. The van der Waals surface area contributed by atoms with Crippen molar-refractivity contribution in [2.45, 2.75) is 44.7 Å². The van der Waals surface area contributed by atoms with E-state index in [2.05, 4.69) is 17.0 Å². The van der Waals surface area contributed by atoms with Crippen molar-refractivity contribution in [2.75, 3.05) is 6.54 Å². The number of piperidine rings is 1. The quantitative estimate of drug-likeness (QED) is 0.859. The molecule has 1 saturated carbocycles. The van der Waals surface area contributed by atoms with E-state index in [0.29, 0.717) is 4.99 Å². The number of likely N-dealkylation sites (tertiary alicyclic amines) is 1. The molecule has 102 valence electrons. The Morgan fingerprint density at radius 1 is 1.21 bits per heavy atom. The summed E-state index contributed by atoms with van der Waals surface area (Å²) < 4.78 is 0. The lowest BCUT2D eigenvalue weighted by molar-refractivity contribution is 0.106. The number of hydrogen-bond acceptors (Lipinski definition) is 2. The van der Waals surface area contributed by atoms with Crippen LogP contribution in [0.2, 0.25) is 0 Å². The van der Waals surface area contributed by atoms with E-state index in [1.807, 2.05) is 12.1 Å². The van der Waals surface area contributed by atoms with Crippen LogP contribution in [0.15, 0.2) is 24.3 Å². The zero-order valence-corrected chi connectivity index (χ0v) is 12.2. The van der Waals surface area contributed by atoms with Crippen LogP contribution in [0.1, 0.15) is 43.2 Å². The van der Waals surface area contributed by atoms with Gasteiger partial charge in [0.05, 0.1) is 0 Å². The molecular weight excluding hydrogens is 252 g/mol. The summed E-state index contributed by atoms with van der Waals surface area (Å²) >= 11 is 5.17. The molecule has 3 rings (SSSR count). The van der Waals surface area contributed by atoms with E-state index >= 15 is 0 Å². The third-order valence-electron chi connectivity index (χ3n) is 4.76. The van der Waals surface area contributed by atoms with Gasteiger partial charge in [-0.3, -0.25) is 4.90 Å². The van der Waals surface area contributed by atoms with Gasteiger partial charge in [0.15, 0.2) is 0 Å². The van der Waals surface area contributed by atoms with Gasteiger partial charge in [0, 0.05) is 18.2 Å². The number of nitrogens with two attached hydrogens (primary N) is 1. The molecule has 0 bridgehead atoms. The summed E-state index contributed by atoms with van der Waals surface area (Å²) in [6.07, 6.45) is 6.98. The van der Waals surface area contributed by atoms with Crippen LogP contribution in [-0.2, 0) is 6.54 Å². The van der Waals surface area contributed by atoms with Gasteiger partial charge in [-0.05, 0) is 43.7 Å². The highest BCUT2D eigenvalue weighted by Crippen LogP contribution is 2.37. The van der Waals surface area contributed by atoms with Crippen LogP contribution >= 0.6 is 12.2 Å². The van der Waals surface area contributed by atoms with Gasteiger partial charge in [-0.15, -0.1) is 0 Å². The Morgan fingerprint density at radius 3 is 2.84 bits per heavy atom. The minimum atomic E-state index is 0.524. The molecule has 1 heterocycles. The normalized spacial score (nSPS) is 27.2. The van der Waals surface area contributed by atoms with Crippen LogP contribution in [0.25, 0.3) is 0 Å². The maximum absolute atomic E-state index is 5.84. The lowest BCUT2D eigenvalue weighted by Gasteiger charge is -2.38. The van der Waals surface area contributed by atoms with Gasteiger partial charge in [0.1, 0.15) is 4.99 Å². The monoisotopic (exact) mass is 274 g/mol. The van der Waals surface area contributed by atoms with Crippen molar-refractivity contribution in [1.29, 1.82) is 0 Å². The van der Waals surface area contributed by atoms with Crippen molar-refractivity contribution < 1.29 is 0 Å². The van der Waals surface area contributed by atoms with Gasteiger partial charge in [-0.25, -0.2) is 0 Å². The van der Waals surface area contributed by atoms with Gasteiger partial charge in [-0.2, -0.15) is 0 Å². The minimum absolute atomic E-state index is 0.524. The molecule has 1 aromatic rings. The molecule has 2 N–H and O–H groups in total. The van der Waals surface area contributed by atoms with E-state index < -0.39 is 0 Å². The Balaban J connectivity index is 1.79. The first-order valence-electron chi connectivity index (χ1n) is 7.37. The van der Waals surface area contributed by atoms with Crippen LogP contribution in [-0.4, -0.2) is 22.5 Å². The average Bonchev–Trinajstić information content (AvgIpc) is 2.88. The molecule has 0 aromatic heterocycles. The van der Waals surface area contributed by atoms with Crippen molar-refractivity contribution >= 4 is 17.2 Å². The van der Waals surface area contributed by atoms with Crippen LogP contribution in [0.5, 0.6) is 0 Å². The molecule has 2 atom stereocenters. The standard InChI is InChI=1S/C16H22N2S/c17-16(19)14-8-2-1-5-13(14)11-18-10-4-7-12-6-3-9-15(12)18/h1-2,5,8,12,15H,3-4,6-7,9-11H2,(H2,17,19). The number of rotatable bonds is 3. The van der Waals surface area contributed by atoms with Crippen molar-refractivity contribution in [3.63, 3.8) is 0 Å². The molecular formula is C16H22N2S. The van der Waals surface area contributed by atoms with Crippen molar-refractivity contribution in [2.24, 2.45) is 11.7 Å². The van der Waals surface area contributed by atoms with Gasteiger partial charge >= 0.3 is 0 Å². The molecule has 2 nitrogen and oxygen atoms in total. The Bertz CT molecular complexity index is 472. The Labute approximate surface area is 121 Å². The van der Waals surface area contributed by atoms with Crippen molar-refractivity contribution in [1.82, 2.24) is 4.90 Å². The van der Waals surface area contributed by atoms with Crippen LogP contribution in [0.4, 0.5) is 0 Å². The van der Waals surface area contributed by atoms with Crippen LogP contribution in [0, 0.1) is 5.92 Å². The molecule has 2 aliphatic rings. The molecule has 0 radical (unpaired) electrons. The third-order valence-corrected chi connectivity index (χ3v) is 4.98. The zero-order chi connectivity index (χ0) is 13.2. The molecule has 1 saturated heterocycles. The number of hydrogen-bond donors (Lipinski definition) is 1. The van der Waals surface area contributed by atoms with E-state index in [4.69, 9.17) is 18.0 Å². The van der Waals surface area contributed by atoms with Gasteiger partial charge in [-0.1, -0.05) is 42.9 Å². The second kappa shape index (κ2) is 5.59. The Morgan fingerprint density at radius 2 is 2.00 bits per heavy atom. The maximum Gasteiger partial charge on any atom is 0.104 e. The lowest BCUT2D eigenvalue weighted by atomic mass is 9.91. The number of nitrogens with zero attached hydrogens (tertiary/aromatic N) is 1. The van der Waals surface area contributed by atoms with Gasteiger partial charge in [0.25, 0.3) is 0 Å². The number of thiocarbonyl (C=S) groups is 1. The molecule has 1 aromatic carbocycles. The molecule has 19 heavy (non-hydrogen) atoms. The molecule has 0 spiro atoms.